The van der Waals surface area contributed by atoms with Gasteiger partial charge in [-0.25, -0.2) is 0 Å². The number of rotatable bonds is 4. The molecule has 1 unspecified atom stereocenters. The molecule has 1 saturated heterocycles. The Hall–Kier alpha value is -1.60. The summed E-state index contributed by atoms with van der Waals surface area (Å²) in [7, 11) is 0. The van der Waals surface area contributed by atoms with Crippen LogP contribution in [0.5, 0.6) is 0 Å². The van der Waals surface area contributed by atoms with Crippen molar-refractivity contribution in [1.82, 2.24) is 20.0 Å². The van der Waals surface area contributed by atoms with E-state index in [1.54, 1.807) is 6.20 Å². The highest BCUT2D eigenvalue weighted by Gasteiger charge is 2.28. The van der Waals surface area contributed by atoms with Gasteiger partial charge in [-0.1, -0.05) is 0 Å². The SMILES string of the molecule is O=C(CCl)NCC1CCn2ncc(C(=O)N3CCOCC3)c2C1. The fraction of sp³-hybridized carbons (Fsp3) is 0.667. The lowest BCUT2D eigenvalue weighted by atomic mass is 9.94. The zero-order valence-electron chi connectivity index (χ0n) is 13.0. The van der Waals surface area contributed by atoms with Crippen LogP contribution in [0.15, 0.2) is 6.20 Å². The predicted octanol–water partition coefficient (Wildman–Crippen LogP) is 0.273. The first kappa shape index (κ1) is 16.3. The first-order valence-electron chi connectivity index (χ1n) is 7.93. The maximum Gasteiger partial charge on any atom is 0.257 e. The highest BCUT2D eigenvalue weighted by atomic mass is 35.5. The number of hydrogen-bond acceptors (Lipinski definition) is 4. The zero-order valence-corrected chi connectivity index (χ0v) is 13.7. The number of morpholine rings is 1. The van der Waals surface area contributed by atoms with Crippen LogP contribution in [-0.4, -0.2) is 65.2 Å². The highest BCUT2D eigenvalue weighted by Crippen LogP contribution is 2.24. The van der Waals surface area contributed by atoms with Crippen molar-refractivity contribution < 1.29 is 14.3 Å². The standard InChI is InChI=1S/C15H21ClN4O3/c16-8-14(21)17-9-11-1-2-20-13(7-11)12(10-18-20)15(22)19-3-5-23-6-4-19/h10-11H,1-9H2,(H,17,21). The number of amides is 2. The fourth-order valence-corrected chi connectivity index (χ4v) is 3.19. The van der Waals surface area contributed by atoms with Gasteiger partial charge in [0.2, 0.25) is 5.91 Å². The molecule has 0 spiro atoms. The van der Waals surface area contributed by atoms with Gasteiger partial charge in [-0.3, -0.25) is 14.3 Å². The van der Waals surface area contributed by atoms with Gasteiger partial charge in [0.15, 0.2) is 0 Å². The van der Waals surface area contributed by atoms with E-state index in [1.165, 1.54) is 0 Å². The summed E-state index contributed by atoms with van der Waals surface area (Å²) in [4.78, 5) is 25.8. The lowest BCUT2D eigenvalue weighted by molar-refractivity contribution is -0.118. The number of aryl methyl sites for hydroxylation is 1. The smallest absolute Gasteiger partial charge is 0.257 e. The molecule has 1 N–H and O–H groups in total. The van der Waals surface area contributed by atoms with Crippen LogP contribution in [0, 0.1) is 5.92 Å². The Balaban J connectivity index is 1.67. The molecule has 8 heteroatoms. The second-order valence-electron chi connectivity index (χ2n) is 5.93. The molecule has 3 heterocycles. The molecule has 2 aliphatic heterocycles. The third-order valence-electron chi connectivity index (χ3n) is 4.42. The van der Waals surface area contributed by atoms with Crippen molar-refractivity contribution in [3.05, 3.63) is 17.5 Å². The number of alkyl halides is 1. The van der Waals surface area contributed by atoms with Crippen LogP contribution in [0.25, 0.3) is 0 Å². The molecule has 1 aromatic rings. The van der Waals surface area contributed by atoms with Gasteiger partial charge in [0.05, 0.1) is 30.7 Å². The summed E-state index contributed by atoms with van der Waals surface area (Å²) in [5.41, 5.74) is 1.65. The normalized spacial score (nSPS) is 20.9. The van der Waals surface area contributed by atoms with E-state index in [4.69, 9.17) is 16.3 Å². The molecule has 3 rings (SSSR count). The molecule has 2 aliphatic rings. The van der Waals surface area contributed by atoms with Crippen molar-refractivity contribution in [3.8, 4) is 0 Å². The Morgan fingerprint density at radius 3 is 2.87 bits per heavy atom. The third-order valence-corrected chi connectivity index (χ3v) is 4.66. The van der Waals surface area contributed by atoms with E-state index in [2.05, 4.69) is 10.4 Å². The number of carbonyl (C=O) groups is 2. The maximum absolute atomic E-state index is 12.7. The molecule has 1 atom stereocenters. The molecule has 7 nitrogen and oxygen atoms in total. The number of aromatic nitrogens is 2. The van der Waals surface area contributed by atoms with Gasteiger partial charge < -0.3 is 15.0 Å². The van der Waals surface area contributed by atoms with Gasteiger partial charge in [0.25, 0.3) is 5.91 Å². The predicted molar refractivity (Wildman–Crippen MR) is 84.5 cm³/mol. The van der Waals surface area contributed by atoms with E-state index < -0.39 is 0 Å². The van der Waals surface area contributed by atoms with Gasteiger partial charge in [0.1, 0.15) is 5.88 Å². The number of carbonyl (C=O) groups excluding carboxylic acids is 2. The molecule has 0 aliphatic carbocycles. The Labute approximate surface area is 139 Å². The summed E-state index contributed by atoms with van der Waals surface area (Å²) >= 11 is 5.50. The molecule has 0 aromatic carbocycles. The van der Waals surface area contributed by atoms with Gasteiger partial charge in [0, 0.05) is 26.2 Å². The Morgan fingerprint density at radius 2 is 2.13 bits per heavy atom. The molecule has 23 heavy (non-hydrogen) atoms. The number of nitrogens with one attached hydrogen (secondary N) is 1. The second kappa shape index (κ2) is 7.31. The van der Waals surface area contributed by atoms with Gasteiger partial charge in [-0.2, -0.15) is 5.10 Å². The largest absolute Gasteiger partial charge is 0.378 e. The molecular formula is C15H21ClN4O3. The van der Waals surface area contributed by atoms with Crippen LogP contribution < -0.4 is 5.32 Å². The number of nitrogens with zero attached hydrogens (tertiary/aromatic N) is 3. The first-order chi connectivity index (χ1) is 11.2. The van der Waals surface area contributed by atoms with Crippen LogP contribution in [0.1, 0.15) is 22.5 Å². The van der Waals surface area contributed by atoms with E-state index in [-0.39, 0.29) is 17.7 Å². The van der Waals surface area contributed by atoms with E-state index in [0.717, 1.165) is 25.1 Å². The molecule has 1 fully saturated rings. The van der Waals surface area contributed by atoms with Gasteiger partial charge in [-0.05, 0) is 18.8 Å². The summed E-state index contributed by atoms with van der Waals surface area (Å²) in [5, 5.41) is 7.17. The molecule has 2 amide bonds. The van der Waals surface area contributed by atoms with Crippen LogP contribution in [0.2, 0.25) is 0 Å². The molecule has 0 bridgehead atoms. The Bertz CT molecular complexity index is 583. The van der Waals surface area contributed by atoms with Crippen LogP contribution in [0.4, 0.5) is 0 Å². The van der Waals surface area contributed by atoms with Crippen LogP contribution in [0.3, 0.4) is 0 Å². The summed E-state index contributed by atoms with van der Waals surface area (Å²) in [5.74, 6) is 0.156. The summed E-state index contributed by atoms with van der Waals surface area (Å²) in [6, 6.07) is 0. The van der Waals surface area contributed by atoms with E-state index >= 15 is 0 Å². The minimum absolute atomic E-state index is 0.0224. The maximum atomic E-state index is 12.7. The molecule has 126 valence electrons. The lowest BCUT2D eigenvalue weighted by Gasteiger charge is -2.28. The van der Waals surface area contributed by atoms with E-state index in [0.29, 0.717) is 44.3 Å². The average molecular weight is 341 g/mol. The van der Waals surface area contributed by atoms with E-state index in [9.17, 15) is 9.59 Å². The Morgan fingerprint density at radius 1 is 1.35 bits per heavy atom. The van der Waals surface area contributed by atoms with Crippen molar-refractivity contribution in [2.24, 2.45) is 5.92 Å². The summed E-state index contributed by atoms with van der Waals surface area (Å²) < 4.78 is 7.21. The molecule has 0 saturated carbocycles. The minimum Gasteiger partial charge on any atom is -0.378 e. The summed E-state index contributed by atoms with van der Waals surface area (Å²) in [6.07, 6.45) is 3.35. The van der Waals surface area contributed by atoms with Crippen molar-refractivity contribution in [1.29, 1.82) is 0 Å². The molecule has 0 radical (unpaired) electrons. The topological polar surface area (TPSA) is 76.5 Å². The lowest BCUT2D eigenvalue weighted by Crippen LogP contribution is -2.41. The fourth-order valence-electron chi connectivity index (χ4n) is 3.09. The van der Waals surface area contributed by atoms with Crippen molar-refractivity contribution in [2.75, 3.05) is 38.7 Å². The quantitative estimate of drug-likeness (QED) is 0.798. The Kier molecular flexibility index (Phi) is 5.17. The third kappa shape index (κ3) is 3.67. The number of fused-ring (bicyclic) bond motifs is 1. The number of ether oxygens (including phenoxy) is 1. The highest BCUT2D eigenvalue weighted by molar-refractivity contribution is 6.27. The molecule has 1 aromatic heterocycles. The monoisotopic (exact) mass is 340 g/mol. The zero-order chi connectivity index (χ0) is 16.2. The van der Waals surface area contributed by atoms with Crippen molar-refractivity contribution in [2.45, 2.75) is 19.4 Å². The minimum atomic E-state index is -0.157. The van der Waals surface area contributed by atoms with Gasteiger partial charge >= 0.3 is 0 Å². The molecular weight excluding hydrogens is 320 g/mol. The summed E-state index contributed by atoms with van der Waals surface area (Å²) in [6.45, 7) is 3.77. The van der Waals surface area contributed by atoms with Crippen LogP contribution >= 0.6 is 11.6 Å². The van der Waals surface area contributed by atoms with Gasteiger partial charge in [-0.15, -0.1) is 11.6 Å². The number of hydrogen-bond donors (Lipinski definition) is 1. The number of halogens is 1. The second-order valence-corrected chi connectivity index (χ2v) is 6.20. The first-order valence-corrected chi connectivity index (χ1v) is 8.47. The van der Waals surface area contributed by atoms with E-state index in [1.807, 2.05) is 9.58 Å². The van der Waals surface area contributed by atoms with Crippen molar-refractivity contribution in [3.63, 3.8) is 0 Å². The average Bonchev–Trinajstić information content (AvgIpc) is 3.02. The van der Waals surface area contributed by atoms with Crippen LogP contribution in [-0.2, 0) is 22.5 Å². The van der Waals surface area contributed by atoms with Crippen molar-refractivity contribution >= 4 is 23.4 Å².